The quantitative estimate of drug-likeness (QED) is 0.570. The van der Waals surface area contributed by atoms with Crippen molar-refractivity contribution in [2.24, 2.45) is 0 Å². The molecule has 0 atom stereocenters. The molecular weight excluding hydrogens is 343 g/mol. The summed E-state index contributed by atoms with van der Waals surface area (Å²) in [6.45, 7) is 3.68. The summed E-state index contributed by atoms with van der Waals surface area (Å²) in [6, 6.07) is 1.13. The lowest BCUT2D eigenvalue weighted by Gasteiger charge is -2.35. The fraction of sp³-hybridized carbons (Fsp3) is 0.917. The van der Waals surface area contributed by atoms with Gasteiger partial charge in [0, 0.05) is 61.1 Å². The number of hydrogen-bond donors (Lipinski definition) is 2. The smallest absolute Gasteiger partial charge is 0.317 e. The van der Waals surface area contributed by atoms with Gasteiger partial charge in [-0.2, -0.15) is 0 Å². The Morgan fingerprint density at radius 1 is 1.06 bits per heavy atom. The van der Waals surface area contributed by atoms with Crippen LogP contribution in [0, 0.1) is 0 Å². The van der Waals surface area contributed by atoms with Gasteiger partial charge in [0.15, 0.2) is 0 Å². The van der Waals surface area contributed by atoms with Gasteiger partial charge in [0.2, 0.25) is 0 Å². The zero-order valence-corrected chi connectivity index (χ0v) is 13.1. The standard InChI is InChI=1S/C12H23IN4O/c1-16-6-8-17(9-7-16)12(18)14-10-2-4-11(15-13)5-3-10/h10-11,15H,2-9H2,1H3,(H,14,18)/t10-,11-. The summed E-state index contributed by atoms with van der Waals surface area (Å²) in [6.07, 6.45) is 4.52. The Balaban J connectivity index is 1.71. The Hall–Kier alpha value is -0.0800. The van der Waals surface area contributed by atoms with Gasteiger partial charge in [0.25, 0.3) is 0 Å². The highest BCUT2D eigenvalue weighted by molar-refractivity contribution is 14.1. The summed E-state index contributed by atoms with van der Waals surface area (Å²) in [5.41, 5.74) is 0. The SMILES string of the molecule is CN1CCN(C(=O)N[C@H]2CC[C@H](NI)CC2)CC1. The van der Waals surface area contributed by atoms with Gasteiger partial charge in [0.1, 0.15) is 0 Å². The minimum absolute atomic E-state index is 0.133. The molecule has 2 fully saturated rings. The monoisotopic (exact) mass is 366 g/mol. The van der Waals surface area contributed by atoms with E-state index >= 15 is 0 Å². The highest BCUT2D eigenvalue weighted by Crippen LogP contribution is 2.19. The van der Waals surface area contributed by atoms with Gasteiger partial charge in [-0.1, -0.05) is 0 Å². The van der Waals surface area contributed by atoms with E-state index in [-0.39, 0.29) is 6.03 Å². The zero-order valence-electron chi connectivity index (χ0n) is 11.0. The number of halogens is 1. The molecule has 2 aliphatic rings. The molecule has 0 aromatic carbocycles. The first kappa shape index (κ1) is 14.3. The van der Waals surface area contributed by atoms with Crippen molar-refractivity contribution in [1.82, 2.24) is 18.6 Å². The van der Waals surface area contributed by atoms with E-state index in [9.17, 15) is 4.79 Å². The molecule has 0 bridgehead atoms. The van der Waals surface area contributed by atoms with Crippen molar-refractivity contribution < 1.29 is 4.79 Å². The zero-order chi connectivity index (χ0) is 13.0. The Morgan fingerprint density at radius 3 is 2.17 bits per heavy atom. The number of rotatable bonds is 2. The van der Waals surface area contributed by atoms with Crippen LogP contribution in [-0.2, 0) is 0 Å². The Morgan fingerprint density at radius 2 is 1.61 bits per heavy atom. The average molecular weight is 366 g/mol. The summed E-state index contributed by atoms with van der Waals surface area (Å²) >= 11 is 2.23. The summed E-state index contributed by atoms with van der Waals surface area (Å²) in [7, 11) is 2.10. The lowest BCUT2D eigenvalue weighted by molar-refractivity contribution is 0.149. The molecule has 1 aliphatic carbocycles. The fourth-order valence-electron chi connectivity index (χ4n) is 2.62. The van der Waals surface area contributed by atoms with Crippen molar-refractivity contribution >= 4 is 28.9 Å². The first-order valence-corrected chi connectivity index (χ1v) is 7.87. The van der Waals surface area contributed by atoms with Crippen LogP contribution in [0.15, 0.2) is 0 Å². The Bertz CT molecular complexity index is 273. The number of carbonyl (C=O) groups excluding carboxylic acids is 1. The molecule has 6 heteroatoms. The lowest BCUT2D eigenvalue weighted by Crippen LogP contribution is -2.53. The number of hydrogen-bond acceptors (Lipinski definition) is 3. The van der Waals surface area contributed by atoms with Crippen LogP contribution in [0.2, 0.25) is 0 Å². The normalized spacial score (nSPS) is 30.2. The minimum atomic E-state index is 0.133. The van der Waals surface area contributed by atoms with Gasteiger partial charge in [-0.15, -0.1) is 0 Å². The third-order valence-corrected chi connectivity index (χ3v) is 4.88. The van der Waals surface area contributed by atoms with Crippen molar-refractivity contribution in [3.8, 4) is 0 Å². The Kier molecular flexibility index (Phi) is 5.50. The van der Waals surface area contributed by atoms with E-state index in [1.165, 1.54) is 0 Å². The summed E-state index contributed by atoms with van der Waals surface area (Å²) in [5.74, 6) is 0. The van der Waals surface area contributed by atoms with E-state index in [1.807, 2.05) is 4.90 Å². The fourth-order valence-corrected chi connectivity index (χ4v) is 3.25. The molecule has 2 N–H and O–H groups in total. The molecule has 1 saturated heterocycles. The number of carbonyl (C=O) groups is 1. The van der Waals surface area contributed by atoms with Crippen molar-refractivity contribution in [2.45, 2.75) is 37.8 Å². The number of amides is 2. The molecular formula is C12H23IN4O. The van der Waals surface area contributed by atoms with Crippen LogP contribution < -0.4 is 8.85 Å². The number of nitrogens with one attached hydrogen (secondary N) is 2. The lowest BCUT2D eigenvalue weighted by atomic mass is 9.92. The number of likely N-dealkylation sites (N-methyl/N-ethyl adjacent to an activating group) is 1. The van der Waals surface area contributed by atoms with Gasteiger partial charge < -0.3 is 15.1 Å². The molecule has 1 heterocycles. The molecule has 2 amide bonds. The number of piperazine rings is 1. The van der Waals surface area contributed by atoms with Crippen LogP contribution in [0.4, 0.5) is 4.79 Å². The van der Waals surface area contributed by atoms with Crippen LogP contribution in [-0.4, -0.2) is 61.1 Å². The highest BCUT2D eigenvalue weighted by Gasteiger charge is 2.25. The maximum absolute atomic E-state index is 12.1. The van der Waals surface area contributed by atoms with E-state index < -0.39 is 0 Å². The van der Waals surface area contributed by atoms with Crippen LogP contribution in [0.5, 0.6) is 0 Å². The molecule has 1 saturated carbocycles. The van der Waals surface area contributed by atoms with Gasteiger partial charge in [-0.3, -0.25) is 3.53 Å². The third-order valence-electron chi connectivity index (χ3n) is 4.00. The second-order valence-electron chi connectivity index (χ2n) is 5.40. The second kappa shape index (κ2) is 6.91. The van der Waals surface area contributed by atoms with Crippen molar-refractivity contribution in [3.63, 3.8) is 0 Å². The topological polar surface area (TPSA) is 47.6 Å². The van der Waals surface area contributed by atoms with Crippen LogP contribution in [0.1, 0.15) is 25.7 Å². The summed E-state index contributed by atoms with van der Waals surface area (Å²) < 4.78 is 3.29. The molecule has 18 heavy (non-hydrogen) atoms. The molecule has 0 aromatic rings. The second-order valence-corrected chi connectivity index (χ2v) is 6.02. The maximum atomic E-state index is 12.1. The largest absolute Gasteiger partial charge is 0.335 e. The minimum Gasteiger partial charge on any atom is -0.335 e. The molecule has 2 rings (SSSR count). The van der Waals surface area contributed by atoms with Gasteiger partial charge in [-0.25, -0.2) is 4.79 Å². The van der Waals surface area contributed by atoms with Gasteiger partial charge in [-0.05, 0) is 32.7 Å². The molecule has 0 unspecified atom stereocenters. The number of nitrogens with zero attached hydrogens (tertiary/aromatic N) is 2. The van der Waals surface area contributed by atoms with Crippen molar-refractivity contribution in [1.29, 1.82) is 0 Å². The van der Waals surface area contributed by atoms with E-state index in [4.69, 9.17) is 0 Å². The summed E-state index contributed by atoms with van der Waals surface area (Å²) in [4.78, 5) is 16.3. The molecule has 1 aliphatic heterocycles. The van der Waals surface area contributed by atoms with Crippen LogP contribution in [0.25, 0.3) is 0 Å². The Labute approximate surface area is 123 Å². The average Bonchev–Trinajstić information content (AvgIpc) is 2.40. The van der Waals surface area contributed by atoms with Crippen molar-refractivity contribution in [3.05, 3.63) is 0 Å². The maximum Gasteiger partial charge on any atom is 0.317 e. The highest BCUT2D eigenvalue weighted by atomic mass is 127. The first-order chi connectivity index (χ1) is 8.69. The summed E-state index contributed by atoms with van der Waals surface area (Å²) in [5, 5.41) is 3.19. The van der Waals surface area contributed by atoms with Crippen LogP contribution in [0.3, 0.4) is 0 Å². The molecule has 0 spiro atoms. The number of urea groups is 1. The van der Waals surface area contributed by atoms with E-state index in [1.54, 1.807) is 0 Å². The molecule has 0 aromatic heterocycles. The molecule has 104 valence electrons. The molecule has 5 nitrogen and oxygen atoms in total. The van der Waals surface area contributed by atoms with Crippen LogP contribution >= 0.6 is 22.9 Å². The van der Waals surface area contributed by atoms with E-state index in [0.717, 1.165) is 51.9 Å². The first-order valence-electron chi connectivity index (χ1n) is 6.79. The van der Waals surface area contributed by atoms with E-state index in [2.05, 4.69) is 43.7 Å². The van der Waals surface area contributed by atoms with Crippen molar-refractivity contribution in [2.75, 3.05) is 33.2 Å². The predicted molar refractivity (Wildman–Crippen MR) is 80.8 cm³/mol. The van der Waals surface area contributed by atoms with Gasteiger partial charge in [0.05, 0.1) is 0 Å². The van der Waals surface area contributed by atoms with E-state index in [0.29, 0.717) is 12.1 Å². The molecule has 0 radical (unpaired) electrons. The third kappa shape index (κ3) is 3.96. The van der Waals surface area contributed by atoms with Gasteiger partial charge >= 0.3 is 6.03 Å². The predicted octanol–water partition coefficient (Wildman–Crippen LogP) is 1.19.